The molecule has 0 unspecified atom stereocenters. The molecule has 1 aromatic rings. The molecule has 2 fully saturated rings. The van der Waals surface area contributed by atoms with Gasteiger partial charge in [-0.1, -0.05) is 32.6 Å². The molecule has 160 valence electrons. The van der Waals surface area contributed by atoms with Gasteiger partial charge in [-0.3, -0.25) is 14.4 Å². The molecule has 1 heterocycles. The maximum Gasteiger partial charge on any atom is 0.257 e. The Morgan fingerprint density at radius 1 is 1.07 bits per heavy atom. The number of carbonyl (C=O) groups excluding carboxylic acids is 2. The first-order valence-electron chi connectivity index (χ1n) is 10.9. The van der Waals surface area contributed by atoms with Crippen LogP contribution in [0.3, 0.4) is 0 Å². The first kappa shape index (κ1) is 21.6. The first-order valence-corrected chi connectivity index (χ1v) is 10.9. The standard InChI is InChI=1S/C22H33N3O4/c1-3-15(14-29-2)23-21(27)18-12-25(17-10-11-17)13-19(20(18)26)22(28)24-16-8-6-4-5-7-9-16/h12-13,15-17H,3-11,14H2,1-2H3,(H,23,27)(H,24,28)/t15-/m1/s1. The van der Waals surface area contributed by atoms with Crippen LogP contribution in [0, 0.1) is 0 Å². The molecule has 2 aliphatic rings. The second kappa shape index (κ2) is 10.1. The number of ether oxygens (including phenoxy) is 1. The molecule has 0 radical (unpaired) electrons. The Morgan fingerprint density at radius 3 is 2.24 bits per heavy atom. The van der Waals surface area contributed by atoms with Gasteiger partial charge in [-0.25, -0.2) is 0 Å². The molecule has 2 aliphatic carbocycles. The van der Waals surface area contributed by atoms with E-state index in [1.54, 1.807) is 19.5 Å². The van der Waals surface area contributed by atoms with Crippen LogP contribution in [0.4, 0.5) is 0 Å². The Bertz CT molecular complexity index is 777. The summed E-state index contributed by atoms with van der Waals surface area (Å²) >= 11 is 0. The van der Waals surface area contributed by atoms with Gasteiger partial charge in [0, 0.05) is 31.6 Å². The average molecular weight is 404 g/mol. The molecule has 0 bridgehead atoms. The Balaban J connectivity index is 1.84. The van der Waals surface area contributed by atoms with Crippen LogP contribution in [-0.4, -0.2) is 42.2 Å². The molecule has 2 N–H and O–H groups in total. The Hall–Kier alpha value is -2.15. The van der Waals surface area contributed by atoms with E-state index < -0.39 is 11.3 Å². The number of carbonyl (C=O) groups is 2. The van der Waals surface area contributed by atoms with Gasteiger partial charge in [0.2, 0.25) is 5.43 Å². The topological polar surface area (TPSA) is 89.4 Å². The van der Waals surface area contributed by atoms with Gasteiger partial charge >= 0.3 is 0 Å². The van der Waals surface area contributed by atoms with Crippen molar-refractivity contribution in [1.29, 1.82) is 0 Å². The van der Waals surface area contributed by atoms with Gasteiger partial charge < -0.3 is 19.9 Å². The molecule has 0 saturated heterocycles. The summed E-state index contributed by atoms with van der Waals surface area (Å²) in [6.07, 6.45) is 12.4. The van der Waals surface area contributed by atoms with Gasteiger partial charge in [0.05, 0.1) is 12.6 Å². The van der Waals surface area contributed by atoms with E-state index in [0.717, 1.165) is 38.5 Å². The number of rotatable bonds is 8. The molecular weight excluding hydrogens is 370 g/mol. The highest BCUT2D eigenvalue weighted by molar-refractivity contribution is 5.99. The van der Waals surface area contributed by atoms with Crippen LogP contribution in [0.2, 0.25) is 0 Å². The van der Waals surface area contributed by atoms with Crippen molar-refractivity contribution < 1.29 is 14.3 Å². The maximum atomic E-state index is 13.0. The zero-order chi connectivity index (χ0) is 20.8. The Labute approximate surface area is 172 Å². The van der Waals surface area contributed by atoms with Gasteiger partial charge in [0.25, 0.3) is 11.8 Å². The van der Waals surface area contributed by atoms with E-state index in [1.165, 1.54) is 12.8 Å². The normalized spacial score (nSPS) is 18.7. The largest absolute Gasteiger partial charge is 0.383 e. The van der Waals surface area contributed by atoms with E-state index in [1.807, 2.05) is 11.5 Å². The summed E-state index contributed by atoms with van der Waals surface area (Å²) in [5, 5.41) is 5.90. The van der Waals surface area contributed by atoms with E-state index in [2.05, 4.69) is 10.6 Å². The second-order valence-electron chi connectivity index (χ2n) is 8.29. The van der Waals surface area contributed by atoms with Crippen molar-refractivity contribution in [2.75, 3.05) is 13.7 Å². The number of methoxy groups -OCH3 is 1. The van der Waals surface area contributed by atoms with E-state index in [9.17, 15) is 14.4 Å². The zero-order valence-corrected chi connectivity index (χ0v) is 17.5. The van der Waals surface area contributed by atoms with E-state index in [-0.39, 0.29) is 35.2 Å². The summed E-state index contributed by atoms with van der Waals surface area (Å²) in [5.74, 6) is -0.813. The number of hydrogen-bond donors (Lipinski definition) is 2. The SMILES string of the molecule is CC[C@H](COC)NC(=O)c1cn(C2CC2)cc(C(=O)NC2CCCCCC2)c1=O. The molecule has 7 heteroatoms. The highest BCUT2D eigenvalue weighted by Gasteiger charge is 2.28. The van der Waals surface area contributed by atoms with Gasteiger partial charge in [-0.2, -0.15) is 0 Å². The van der Waals surface area contributed by atoms with Crippen LogP contribution in [-0.2, 0) is 4.74 Å². The number of nitrogens with one attached hydrogen (secondary N) is 2. The number of amides is 2. The predicted octanol–water partition coefficient (Wildman–Crippen LogP) is 2.79. The minimum Gasteiger partial charge on any atom is -0.383 e. The molecule has 0 aromatic carbocycles. The lowest BCUT2D eigenvalue weighted by atomic mass is 10.1. The highest BCUT2D eigenvalue weighted by atomic mass is 16.5. The van der Waals surface area contributed by atoms with Crippen molar-refractivity contribution >= 4 is 11.8 Å². The minimum atomic E-state index is -0.502. The first-order chi connectivity index (χ1) is 14.0. The van der Waals surface area contributed by atoms with Gasteiger partial charge in [0.1, 0.15) is 11.1 Å². The molecular formula is C22H33N3O4. The fraction of sp³-hybridized carbons (Fsp3) is 0.682. The Kier molecular flexibility index (Phi) is 7.47. The summed E-state index contributed by atoms with van der Waals surface area (Å²) in [6.45, 7) is 2.32. The zero-order valence-electron chi connectivity index (χ0n) is 17.5. The number of hydrogen-bond acceptors (Lipinski definition) is 4. The lowest BCUT2D eigenvalue weighted by Crippen LogP contribution is -2.42. The van der Waals surface area contributed by atoms with Crippen LogP contribution < -0.4 is 16.1 Å². The van der Waals surface area contributed by atoms with Crippen molar-refractivity contribution in [2.24, 2.45) is 0 Å². The quantitative estimate of drug-likeness (QED) is 0.653. The minimum absolute atomic E-state index is 0.0277. The number of aromatic nitrogens is 1. The monoisotopic (exact) mass is 403 g/mol. The maximum absolute atomic E-state index is 13.0. The lowest BCUT2D eigenvalue weighted by Gasteiger charge is -2.18. The fourth-order valence-electron chi connectivity index (χ4n) is 3.92. The molecule has 7 nitrogen and oxygen atoms in total. The summed E-state index contributed by atoms with van der Waals surface area (Å²) in [7, 11) is 1.58. The van der Waals surface area contributed by atoms with Crippen LogP contribution in [0.15, 0.2) is 17.2 Å². The summed E-state index contributed by atoms with van der Waals surface area (Å²) in [6, 6.07) is 0.180. The van der Waals surface area contributed by atoms with Crippen molar-refractivity contribution in [3.05, 3.63) is 33.7 Å². The predicted molar refractivity (Wildman–Crippen MR) is 111 cm³/mol. The average Bonchev–Trinajstić information content (AvgIpc) is 3.55. The van der Waals surface area contributed by atoms with E-state index >= 15 is 0 Å². The molecule has 3 rings (SSSR count). The second-order valence-corrected chi connectivity index (χ2v) is 8.29. The van der Waals surface area contributed by atoms with Crippen LogP contribution in [0.1, 0.15) is 91.5 Å². The van der Waals surface area contributed by atoms with E-state index in [0.29, 0.717) is 13.0 Å². The number of pyridine rings is 1. The third-order valence-corrected chi connectivity index (χ3v) is 5.89. The van der Waals surface area contributed by atoms with Crippen molar-refractivity contribution in [1.82, 2.24) is 15.2 Å². The molecule has 2 amide bonds. The van der Waals surface area contributed by atoms with Gasteiger partial charge in [-0.05, 0) is 32.1 Å². The van der Waals surface area contributed by atoms with Crippen molar-refractivity contribution in [3.63, 3.8) is 0 Å². The molecule has 0 aliphatic heterocycles. The summed E-state index contributed by atoms with van der Waals surface area (Å²) in [4.78, 5) is 38.7. The van der Waals surface area contributed by atoms with Gasteiger partial charge in [-0.15, -0.1) is 0 Å². The highest BCUT2D eigenvalue weighted by Crippen LogP contribution is 2.34. The summed E-state index contributed by atoms with van der Waals surface area (Å²) in [5.41, 5.74) is -0.411. The third kappa shape index (κ3) is 5.69. The fourth-order valence-corrected chi connectivity index (χ4v) is 3.92. The van der Waals surface area contributed by atoms with Crippen LogP contribution in [0.5, 0.6) is 0 Å². The number of nitrogens with zero attached hydrogens (tertiary/aromatic N) is 1. The van der Waals surface area contributed by atoms with Crippen LogP contribution in [0.25, 0.3) is 0 Å². The van der Waals surface area contributed by atoms with Crippen molar-refractivity contribution in [2.45, 2.75) is 82.8 Å². The van der Waals surface area contributed by atoms with Crippen molar-refractivity contribution in [3.8, 4) is 0 Å². The smallest absolute Gasteiger partial charge is 0.257 e. The molecule has 0 spiro atoms. The lowest BCUT2D eigenvalue weighted by molar-refractivity contribution is 0.0892. The molecule has 29 heavy (non-hydrogen) atoms. The molecule has 1 aromatic heterocycles. The molecule has 2 saturated carbocycles. The van der Waals surface area contributed by atoms with E-state index in [4.69, 9.17) is 4.74 Å². The third-order valence-electron chi connectivity index (χ3n) is 5.89. The molecule has 1 atom stereocenters. The van der Waals surface area contributed by atoms with Crippen LogP contribution >= 0.6 is 0 Å². The van der Waals surface area contributed by atoms with Gasteiger partial charge in [0.15, 0.2) is 0 Å². The summed E-state index contributed by atoms with van der Waals surface area (Å²) < 4.78 is 6.99. The Morgan fingerprint density at radius 2 is 1.69 bits per heavy atom.